The van der Waals surface area contributed by atoms with E-state index in [0.717, 1.165) is 5.56 Å². The summed E-state index contributed by atoms with van der Waals surface area (Å²) in [4.78, 5) is 0.118. The second-order valence-electron chi connectivity index (χ2n) is 4.18. The molecule has 0 radical (unpaired) electrons. The molecule has 0 spiro atoms. The Morgan fingerprint density at radius 3 is 2.90 bits per heavy atom. The Labute approximate surface area is 122 Å². The van der Waals surface area contributed by atoms with Gasteiger partial charge in [0, 0.05) is 24.3 Å². The first-order chi connectivity index (χ1) is 9.51. The fraction of sp³-hybridized carbons (Fsp3) is 0.250. The number of nitrogens with zero attached hydrogens (tertiary/aromatic N) is 2. The number of benzene rings is 1. The first-order valence-electron chi connectivity index (χ1n) is 5.98. The molecule has 3 N–H and O–H groups in total. The average Bonchev–Trinajstić information content (AvgIpc) is 2.87. The number of aromatic nitrogens is 2. The third-order valence-electron chi connectivity index (χ3n) is 2.63. The van der Waals surface area contributed by atoms with Crippen LogP contribution in [-0.2, 0) is 23.1 Å². The zero-order chi connectivity index (χ0) is 14.6. The number of sulfonamides is 1. The molecule has 1 aromatic carbocycles. The zero-order valence-electron chi connectivity index (χ0n) is 10.7. The van der Waals surface area contributed by atoms with E-state index in [-0.39, 0.29) is 11.4 Å². The van der Waals surface area contributed by atoms with Crippen LogP contribution in [0, 0.1) is 0 Å². The molecule has 0 aliphatic rings. The van der Waals surface area contributed by atoms with Crippen LogP contribution in [0.1, 0.15) is 5.56 Å². The van der Waals surface area contributed by atoms with Crippen molar-refractivity contribution in [2.75, 3.05) is 6.54 Å². The van der Waals surface area contributed by atoms with Crippen molar-refractivity contribution < 1.29 is 8.42 Å². The summed E-state index contributed by atoms with van der Waals surface area (Å²) < 4.78 is 28.2. The smallest absolute Gasteiger partial charge is 0.243 e. The molecule has 0 unspecified atom stereocenters. The van der Waals surface area contributed by atoms with E-state index < -0.39 is 10.0 Å². The minimum absolute atomic E-state index is 0.118. The summed E-state index contributed by atoms with van der Waals surface area (Å²) in [5, 5.41) is 4.50. The van der Waals surface area contributed by atoms with Crippen molar-refractivity contribution in [3.05, 3.63) is 47.2 Å². The molecule has 2 rings (SSSR count). The normalized spacial score (nSPS) is 11.7. The van der Waals surface area contributed by atoms with Crippen LogP contribution in [0.2, 0.25) is 5.02 Å². The van der Waals surface area contributed by atoms with Gasteiger partial charge in [0.25, 0.3) is 0 Å². The van der Waals surface area contributed by atoms with Crippen LogP contribution in [-0.4, -0.2) is 24.7 Å². The van der Waals surface area contributed by atoms with Crippen LogP contribution in [0.3, 0.4) is 0 Å². The lowest BCUT2D eigenvalue weighted by Crippen LogP contribution is -2.23. The van der Waals surface area contributed by atoms with Crippen LogP contribution in [0.25, 0.3) is 0 Å². The maximum absolute atomic E-state index is 12.1. The summed E-state index contributed by atoms with van der Waals surface area (Å²) in [6, 6.07) is 7.01. The van der Waals surface area contributed by atoms with Crippen molar-refractivity contribution in [3.63, 3.8) is 0 Å². The fourth-order valence-corrected chi connectivity index (χ4v) is 2.83. The van der Waals surface area contributed by atoms with E-state index in [9.17, 15) is 8.42 Å². The van der Waals surface area contributed by atoms with E-state index in [1.165, 1.54) is 17.1 Å². The number of nitrogens with one attached hydrogen (secondary N) is 1. The maximum atomic E-state index is 12.1. The maximum Gasteiger partial charge on any atom is 0.243 e. The second kappa shape index (κ2) is 6.36. The van der Waals surface area contributed by atoms with E-state index >= 15 is 0 Å². The highest BCUT2D eigenvalue weighted by molar-refractivity contribution is 7.89. The quantitative estimate of drug-likeness (QED) is 0.831. The Bertz CT molecular complexity index is 684. The largest absolute Gasteiger partial charge is 0.329 e. The molecule has 6 nitrogen and oxygen atoms in total. The van der Waals surface area contributed by atoms with Crippen LogP contribution in [0.15, 0.2) is 41.6 Å². The van der Waals surface area contributed by atoms with Gasteiger partial charge in [0.05, 0.1) is 12.7 Å². The lowest BCUT2D eigenvalue weighted by Gasteiger charge is -2.05. The summed E-state index contributed by atoms with van der Waals surface area (Å²) in [6.45, 7) is 1.05. The minimum Gasteiger partial charge on any atom is -0.329 e. The fourth-order valence-electron chi connectivity index (χ4n) is 1.65. The summed E-state index contributed by atoms with van der Waals surface area (Å²) in [6.07, 6.45) is 2.75. The molecule has 1 heterocycles. The molecule has 108 valence electrons. The number of nitrogens with two attached hydrogens (primary N) is 1. The molecular formula is C12H15ClN4O2S. The molecule has 0 saturated carbocycles. The predicted octanol–water partition coefficient (Wildman–Crippen LogP) is 0.974. The van der Waals surface area contributed by atoms with Gasteiger partial charge in [-0.1, -0.05) is 23.7 Å². The van der Waals surface area contributed by atoms with Crippen molar-refractivity contribution in [2.45, 2.75) is 18.0 Å². The number of halogens is 1. The number of hydrogen-bond acceptors (Lipinski definition) is 4. The molecule has 1 aromatic heterocycles. The molecule has 0 atom stereocenters. The first kappa shape index (κ1) is 15.0. The van der Waals surface area contributed by atoms with Gasteiger partial charge in [0.2, 0.25) is 10.0 Å². The third kappa shape index (κ3) is 3.80. The lowest BCUT2D eigenvalue weighted by atomic mass is 10.2. The Hall–Kier alpha value is -1.41. The summed E-state index contributed by atoms with van der Waals surface area (Å²) in [5.41, 5.74) is 6.18. The Morgan fingerprint density at radius 1 is 1.40 bits per heavy atom. The van der Waals surface area contributed by atoms with Gasteiger partial charge in [0.15, 0.2) is 0 Å². The van der Waals surface area contributed by atoms with Gasteiger partial charge in [-0.25, -0.2) is 13.1 Å². The Kier molecular flexibility index (Phi) is 4.77. The van der Waals surface area contributed by atoms with Crippen LogP contribution in [0.4, 0.5) is 0 Å². The number of rotatable bonds is 6. The molecule has 0 aliphatic carbocycles. The highest BCUT2D eigenvalue weighted by atomic mass is 35.5. The SMILES string of the molecule is NCCn1cc(S(=O)(=O)NCc2cccc(Cl)c2)cn1. The Morgan fingerprint density at radius 2 is 2.20 bits per heavy atom. The van der Waals surface area contributed by atoms with Gasteiger partial charge in [0.1, 0.15) is 4.90 Å². The van der Waals surface area contributed by atoms with Crippen molar-refractivity contribution in [1.82, 2.24) is 14.5 Å². The van der Waals surface area contributed by atoms with Gasteiger partial charge in [-0.2, -0.15) is 5.10 Å². The van der Waals surface area contributed by atoms with Crippen LogP contribution < -0.4 is 10.5 Å². The summed E-state index contributed by atoms with van der Waals surface area (Å²) in [5.74, 6) is 0. The van der Waals surface area contributed by atoms with E-state index in [2.05, 4.69) is 9.82 Å². The zero-order valence-corrected chi connectivity index (χ0v) is 12.2. The average molecular weight is 315 g/mol. The molecule has 0 fully saturated rings. The van der Waals surface area contributed by atoms with Crippen LogP contribution >= 0.6 is 11.6 Å². The first-order valence-corrected chi connectivity index (χ1v) is 7.84. The molecule has 0 bridgehead atoms. The van der Waals surface area contributed by atoms with Crippen molar-refractivity contribution in [2.24, 2.45) is 5.73 Å². The molecule has 2 aromatic rings. The molecular weight excluding hydrogens is 300 g/mol. The lowest BCUT2D eigenvalue weighted by molar-refractivity contribution is 0.580. The predicted molar refractivity (Wildman–Crippen MR) is 76.8 cm³/mol. The molecule has 20 heavy (non-hydrogen) atoms. The number of hydrogen-bond donors (Lipinski definition) is 2. The van der Waals surface area contributed by atoms with Crippen LogP contribution in [0.5, 0.6) is 0 Å². The standard InChI is InChI=1S/C12H15ClN4O2S/c13-11-3-1-2-10(6-11)7-16-20(18,19)12-8-15-17(9-12)5-4-14/h1-3,6,8-9,16H,4-5,7,14H2. The summed E-state index contributed by atoms with van der Waals surface area (Å²) in [7, 11) is -3.59. The molecule has 0 aliphatic heterocycles. The van der Waals surface area contributed by atoms with E-state index in [1.807, 2.05) is 0 Å². The van der Waals surface area contributed by atoms with Gasteiger partial charge in [-0.3, -0.25) is 4.68 Å². The molecule has 8 heteroatoms. The van der Waals surface area contributed by atoms with Gasteiger partial charge < -0.3 is 5.73 Å². The van der Waals surface area contributed by atoms with Crippen molar-refractivity contribution in [3.8, 4) is 0 Å². The summed E-state index contributed by atoms with van der Waals surface area (Å²) >= 11 is 5.85. The third-order valence-corrected chi connectivity index (χ3v) is 4.22. The Balaban J connectivity index is 2.06. The van der Waals surface area contributed by atoms with Crippen molar-refractivity contribution in [1.29, 1.82) is 0 Å². The van der Waals surface area contributed by atoms with Crippen molar-refractivity contribution >= 4 is 21.6 Å². The minimum atomic E-state index is -3.59. The highest BCUT2D eigenvalue weighted by Crippen LogP contribution is 2.12. The topological polar surface area (TPSA) is 90.0 Å². The molecule has 0 saturated heterocycles. The van der Waals surface area contributed by atoms with E-state index in [4.69, 9.17) is 17.3 Å². The van der Waals surface area contributed by atoms with E-state index in [0.29, 0.717) is 18.1 Å². The van der Waals surface area contributed by atoms with Gasteiger partial charge in [-0.15, -0.1) is 0 Å². The van der Waals surface area contributed by atoms with E-state index in [1.54, 1.807) is 24.3 Å². The monoisotopic (exact) mass is 314 g/mol. The molecule has 0 amide bonds. The van der Waals surface area contributed by atoms with Gasteiger partial charge in [-0.05, 0) is 17.7 Å². The van der Waals surface area contributed by atoms with Gasteiger partial charge >= 0.3 is 0 Å². The second-order valence-corrected chi connectivity index (χ2v) is 6.39. The highest BCUT2D eigenvalue weighted by Gasteiger charge is 2.16.